The molecule has 0 fully saturated rings. The van der Waals surface area contributed by atoms with Gasteiger partial charge in [0.15, 0.2) is 0 Å². The highest BCUT2D eigenvalue weighted by molar-refractivity contribution is 5.94. The molecule has 5 unspecified atom stereocenters. The second kappa shape index (κ2) is 13.6. The molecule has 0 spiro atoms. The van der Waals surface area contributed by atoms with Crippen molar-refractivity contribution in [2.45, 2.75) is 84.2 Å². The molecule has 5 atom stereocenters. The molecule has 184 valence electrons. The molecule has 12 heteroatoms. The van der Waals surface area contributed by atoms with Gasteiger partial charge in [0.05, 0.1) is 6.10 Å². The summed E-state index contributed by atoms with van der Waals surface area (Å²) < 4.78 is 0. The quantitative estimate of drug-likeness (QED) is 0.166. The number of hydrogen-bond acceptors (Lipinski definition) is 7. The molecule has 0 aliphatic heterocycles. The third kappa shape index (κ3) is 10.5. The van der Waals surface area contributed by atoms with Crippen molar-refractivity contribution < 1.29 is 39.3 Å². The molecule has 12 nitrogen and oxygen atoms in total. The lowest BCUT2D eigenvalue weighted by Gasteiger charge is -2.27. The lowest BCUT2D eigenvalue weighted by Crippen LogP contribution is -2.58. The van der Waals surface area contributed by atoms with Crippen molar-refractivity contribution in [3.05, 3.63) is 0 Å². The highest BCUT2D eigenvalue weighted by Gasteiger charge is 2.32. The second-order valence-corrected chi connectivity index (χ2v) is 8.52. The molecule has 0 aromatic heterocycles. The summed E-state index contributed by atoms with van der Waals surface area (Å²) in [5.74, 6) is -5.27. The number of carbonyl (C=O) groups excluding carboxylic acids is 3. The zero-order valence-corrected chi connectivity index (χ0v) is 19.1. The van der Waals surface area contributed by atoms with E-state index in [0.29, 0.717) is 0 Å². The van der Waals surface area contributed by atoms with E-state index in [0.717, 1.165) is 0 Å². The van der Waals surface area contributed by atoms with Crippen LogP contribution in [0.25, 0.3) is 0 Å². The van der Waals surface area contributed by atoms with E-state index in [1.807, 2.05) is 0 Å². The topological polar surface area (TPSA) is 208 Å². The summed E-state index contributed by atoms with van der Waals surface area (Å²) in [7, 11) is 0. The van der Waals surface area contributed by atoms with Gasteiger partial charge in [0.25, 0.3) is 0 Å². The first-order chi connectivity index (χ1) is 14.7. The van der Waals surface area contributed by atoms with Gasteiger partial charge in [-0.25, -0.2) is 4.79 Å². The Morgan fingerprint density at radius 3 is 1.72 bits per heavy atom. The fourth-order valence-corrected chi connectivity index (χ4v) is 2.77. The predicted octanol–water partition coefficient (Wildman–Crippen LogP) is -1.20. The lowest BCUT2D eigenvalue weighted by atomic mass is 9.99. The summed E-state index contributed by atoms with van der Waals surface area (Å²) in [5.41, 5.74) is 5.56. The second-order valence-electron chi connectivity index (χ2n) is 8.52. The van der Waals surface area contributed by atoms with E-state index in [2.05, 4.69) is 16.0 Å². The van der Waals surface area contributed by atoms with Crippen molar-refractivity contribution in [3.8, 4) is 0 Å². The van der Waals surface area contributed by atoms with Gasteiger partial charge in [-0.3, -0.25) is 19.2 Å². The molecule has 0 heterocycles. The number of rotatable bonds is 14. The molecule has 0 radical (unpaired) electrons. The van der Waals surface area contributed by atoms with Gasteiger partial charge < -0.3 is 37.0 Å². The third-order valence-corrected chi connectivity index (χ3v) is 4.67. The Balaban J connectivity index is 5.57. The first kappa shape index (κ1) is 29.3. The molecule has 3 amide bonds. The minimum absolute atomic E-state index is 0.0518. The van der Waals surface area contributed by atoms with Crippen LogP contribution < -0.4 is 21.7 Å². The smallest absolute Gasteiger partial charge is 0.326 e. The number of aliphatic carboxylic acids is 2. The molecule has 0 saturated carbocycles. The van der Waals surface area contributed by atoms with Gasteiger partial charge >= 0.3 is 11.9 Å². The molecule has 0 rings (SSSR count). The van der Waals surface area contributed by atoms with Crippen LogP contribution in [0.2, 0.25) is 0 Å². The highest BCUT2D eigenvalue weighted by Crippen LogP contribution is 2.09. The predicted molar refractivity (Wildman–Crippen MR) is 114 cm³/mol. The first-order valence-electron chi connectivity index (χ1n) is 10.5. The van der Waals surface area contributed by atoms with Crippen LogP contribution in [0.1, 0.15) is 53.9 Å². The van der Waals surface area contributed by atoms with Gasteiger partial charge in [-0.15, -0.1) is 0 Å². The van der Waals surface area contributed by atoms with Gasteiger partial charge in [0.2, 0.25) is 17.7 Å². The fourth-order valence-electron chi connectivity index (χ4n) is 2.77. The minimum atomic E-state index is -1.34. The lowest BCUT2D eigenvalue weighted by molar-refractivity contribution is -0.143. The number of aliphatic hydroxyl groups is 1. The average molecular weight is 461 g/mol. The standard InChI is InChI=1S/C20H36N4O8/c1-9(2)8-13(18(29)24-16(10(3)4)20(31)32)23-17(28)12(6-7-14(26)27)22-19(30)15(21)11(5)25/h9-13,15-16,25H,6-8,21H2,1-5H3,(H,22,30)(H,23,28)(H,24,29)(H,26,27)(H,31,32). The van der Waals surface area contributed by atoms with E-state index in [9.17, 15) is 34.2 Å². The SMILES string of the molecule is CC(C)CC(NC(=O)C(CCC(=O)O)NC(=O)C(N)C(C)O)C(=O)NC(C(=O)O)C(C)C. The molecule has 0 bridgehead atoms. The molecular weight excluding hydrogens is 424 g/mol. The van der Waals surface area contributed by atoms with Crippen molar-refractivity contribution in [2.24, 2.45) is 17.6 Å². The van der Waals surface area contributed by atoms with Crippen molar-refractivity contribution in [1.82, 2.24) is 16.0 Å². The van der Waals surface area contributed by atoms with Gasteiger partial charge in [-0.05, 0) is 31.6 Å². The van der Waals surface area contributed by atoms with E-state index in [1.165, 1.54) is 6.92 Å². The number of carbonyl (C=O) groups is 5. The Bertz CT molecular complexity index is 681. The van der Waals surface area contributed by atoms with Gasteiger partial charge in [-0.2, -0.15) is 0 Å². The Kier molecular flexibility index (Phi) is 12.5. The van der Waals surface area contributed by atoms with E-state index in [-0.39, 0.29) is 18.8 Å². The van der Waals surface area contributed by atoms with Crippen LogP contribution in [-0.2, 0) is 24.0 Å². The summed E-state index contributed by atoms with van der Waals surface area (Å²) in [6.07, 6.45) is -1.76. The molecule has 32 heavy (non-hydrogen) atoms. The van der Waals surface area contributed by atoms with E-state index >= 15 is 0 Å². The number of carboxylic acids is 2. The van der Waals surface area contributed by atoms with Crippen molar-refractivity contribution in [3.63, 3.8) is 0 Å². The number of hydrogen-bond donors (Lipinski definition) is 7. The highest BCUT2D eigenvalue weighted by atomic mass is 16.4. The maximum absolute atomic E-state index is 12.8. The molecule has 0 saturated heterocycles. The minimum Gasteiger partial charge on any atom is -0.481 e. The summed E-state index contributed by atoms with van der Waals surface area (Å²) in [6.45, 7) is 8.13. The number of nitrogens with two attached hydrogens (primary N) is 1. The normalized spacial score (nSPS) is 15.9. The molecule has 0 aliphatic carbocycles. The average Bonchev–Trinajstić information content (AvgIpc) is 2.66. The Morgan fingerprint density at radius 1 is 0.812 bits per heavy atom. The summed E-state index contributed by atoms with van der Waals surface area (Å²) in [6, 6.07) is -4.95. The summed E-state index contributed by atoms with van der Waals surface area (Å²) in [5, 5.41) is 34.9. The third-order valence-electron chi connectivity index (χ3n) is 4.67. The van der Waals surface area contributed by atoms with Gasteiger partial charge in [0.1, 0.15) is 24.2 Å². The number of nitrogens with one attached hydrogen (secondary N) is 3. The van der Waals surface area contributed by atoms with Gasteiger partial charge in [-0.1, -0.05) is 27.7 Å². The molecule has 8 N–H and O–H groups in total. The van der Waals surface area contributed by atoms with E-state index < -0.39 is 72.3 Å². The van der Waals surface area contributed by atoms with Crippen LogP contribution in [-0.4, -0.2) is 75.3 Å². The zero-order valence-electron chi connectivity index (χ0n) is 19.1. The maximum atomic E-state index is 12.8. The molecule has 0 aromatic carbocycles. The van der Waals surface area contributed by atoms with E-state index in [4.69, 9.17) is 10.8 Å². The Labute approximate surface area is 187 Å². The monoisotopic (exact) mass is 460 g/mol. The molecule has 0 aromatic rings. The maximum Gasteiger partial charge on any atom is 0.326 e. The largest absolute Gasteiger partial charge is 0.481 e. The van der Waals surface area contributed by atoms with Gasteiger partial charge in [0, 0.05) is 6.42 Å². The van der Waals surface area contributed by atoms with Crippen LogP contribution >= 0.6 is 0 Å². The number of aliphatic hydroxyl groups excluding tert-OH is 1. The Morgan fingerprint density at radius 2 is 1.31 bits per heavy atom. The van der Waals surface area contributed by atoms with Crippen LogP contribution in [0, 0.1) is 11.8 Å². The van der Waals surface area contributed by atoms with Crippen LogP contribution in [0.5, 0.6) is 0 Å². The number of carboxylic acid groups (broad SMARTS) is 2. The fraction of sp³-hybridized carbons (Fsp3) is 0.750. The molecular formula is C20H36N4O8. The van der Waals surface area contributed by atoms with Crippen LogP contribution in [0.15, 0.2) is 0 Å². The molecule has 0 aliphatic rings. The zero-order chi connectivity index (χ0) is 25.2. The van der Waals surface area contributed by atoms with Crippen LogP contribution in [0.3, 0.4) is 0 Å². The van der Waals surface area contributed by atoms with E-state index in [1.54, 1.807) is 27.7 Å². The number of amides is 3. The van der Waals surface area contributed by atoms with Crippen molar-refractivity contribution in [2.75, 3.05) is 0 Å². The Hall–Kier alpha value is -2.73. The van der Waals surface area contributed by atoms with Crippen molar-refractivity contribution >= 4 is 29.7 Å². The summed E-state index contributed by atoms with van der Waals surface area (Å²) >= 11 is 0. The summed E-state index contributed by atoms with van der Waals surface area (Å²) in [4.78, 5) is 60.1. The van der Waals surface area contributed by atoms with Crippen LogP contribution in [0.4, 0.5) is 0 Å². The first-order valence-corrected chi connectivity index (χ1v) is 10.5. The van der Waals surface area contributed by atoms with Crippen molar-refractivity contribution in [1.29, 1.82) is 0 Å².